The number of aryl methyl sites for hydroxylation is 1. The number of sulfonamides is 1. The molecule has 10 heteroatoms. The van der Waals surface area contributed by atoms with Gasteiger partial charge in [0.05, 0.1) is 20.6 Å². The van der Waals surface area contributed by atoms with E-state index in [1.54, 1.807) is 18.2 Å². The summed E-state index contributed by atoms with van der Waals surface area (Å²) in [6.45, 7) is 1.52. The van der Waals surface area contributed by atoms with Gasteiger partial charge in [-0.1, -0.05) is 114 Å². The van der Waals surface area contributed by atoms with Crippen LogP contribution in [0.25, 0.3) is 0 Å². The Morgan fingerprint density at radius 2 is 1.46 bits per heavy atom. The highest BCUT2D eigenvalue weighted by molar-refractivity contribution is 7.92. The van der Waals surface area contributed by atoms with Gasteiger partial charge in [0.1, 0.15) is 12.6 Å². The van der Waals surface area contributed by atoms with Crippen molar-refractivity contribution in [2.45, 2.75) is 62.6 Å². The lowest BCUT2D eigenvalue weighted by Crippen LogP contribution is -2.54. The molecule has 0 heterocycles. The Balaban J connectivity index is 1.57. The summed E-state index contributed by atoms with van der Waals surface area (Å²) in [5.74, 6) is -0.795. The minimum atomic E-state index is -4.23. The zero-order chi connectivity index (χ0) is 32.7. The van der Waals surface area contributed by atoms with E-state index in [0.717, 1.165) is 46.7 Å². The largest absolute Gasteiger partial charge is 0.352 e. The maximum Gasteiger partial charge on any atom is 0.264 e. The van der Waals surface area contributed by atoms with E-state index in [9.17, 15) is 18.0 Å². The molecular weight excluding hydrogens is 641 g/mol. The molecule has 0 saturated heterocycles. The molecule has 2 amide bonds. The Morgan fingerprint density at radius 1 is 0.826 bits per heavy atom. The first-order valence-electron chi connectivity index (χ1n) is 15.3. The number of carbonyl (C=O) groups excluding carboxylic acids is 2. The molecule has 4 aromatic carbocycles. The van der Waals surface area contributed by atoms with Gasteiger partial charge in [-0.3, -0.25) is 13.9 Å². The average molecular weight is 679 g/mol. The molecular formula is C36H37Cl2N3O4S. The molecule has 0 radical (unpaired) electrons. The topological polar surface area (TPSA) is 86.8 Å². The van der Waals surface area contributed by atoms with Gasteiger partial charge in [0.25, 0.3) is 10.0 Å². The van der Waals surface area contributed by atoms with Crippen molar-refractivity contribution >= 4 is 50.7 Å². The fraction of sp³-hybridized carbons (Fsp3) is 0.278. The molecule has 0 bridgehead atoms. The van der Waals surface area contributed by atoms with Crippen LogP contribution in [0.1, 0.15) is 42.4 Å². The summed E-state index contributed by atoms with van der Waals surface area (Å²) in [5, 5.41) is 3.59. The van der Waals surface area contributed by atoms with Crippen molar-refractivity contribution in [1.29, 1.82) is 0 Å². The van der Waals surface area contributed by atoms with Crippen LogP contribution < -0.4 is 9.62 Å². The van der Waals surface area contributed by atoms with E-state index in [0.29, 0.717) is 0 Å². The molecule has 1 aliphatic rings. The summed E-state index contributed by atoms with van der Waals surface area (Å²) in [6, 6.07) is 28.7. The van der Waals surface area contributed by atoms with E-state index >= 15 is 0 Å². The molecule has 0 aromatic heterocycles. The first-order valence-corrected chi connectivity index (χ1v) is 17.5. The number of hydrogen-bond donors (Lipinski definition) is 1. The molecule has 46 heavy (non-hydrogen) atoms. The third-order valence-electron chi connectivity index (χ3n) is 8.25. The Bertz CT molecular complexity index is 1750. The predicted octanol–water partition coefficient (Wildman–Crippen LogP) is 7.20. The molecule has 5 rings (SSSR count). The van der Waals surface area contributed by atoms with Gasteiger partial charge in [-0.2, -0.15) is 0 Å². The van der Waals surface area contributed by atoms with Crippen LogP contribution in [-0.2, 0) is 32.6 Å². The maximum atomic E-state index is 14.6. The van der Waals surface area contributed by atoms with E-state index in [-0.39, 0.29) is 45.5 Å². The number of anilines is 1. The van der Waals surface area contributed by atoms with Crippen molar-refractivity contribution in [2.75, 3.05) is 10.8 Å². The minimum Gasteiger partial charge on any atom is -0.352 e. The molecule has 240 valence electrons. The molecule has 1 N–H and O–H groups in total. The molecule has 7 nitrogen and oxygen atoms in total. The monoisotopic (exact) mass is 677 g/mol. The fourth-order valence-corrected chi connectivity index (χ4v) is 7.42. The highest BCUT2D eigenvalue weighted by Gasteiger charge is 2.35. The van der Waals surface area contributed by atoms with Gasteiger partial charge in [-0.25, -0.2) is 8.42 Å². The van der Waals surface area contributed by atoms with E-state index in [1.807, 2.05) is 61.5 Å². The van der Waals surface area contributed by atoms with Crippen LogP contribution in [0.15, 0.2) is 108 Å². The highest BCUT2D eigenvalue weighted by Crippen LogP contribution is 2.31. The zero-order valence-electron chi connectivity index (χ0n) is 25.6. The Labute approximate surface area is 281 Å². The molecule has 1 saturated carbocycles. The number of nitrogens with one attached hydrogen (secondary N) is 1. The second kappa shape index (κ2) is 15.2. The van der Waals surface area contributed by atoms with E-state index in [4.69, 9.17) is 23.2 Å². The number of rotatable bonds is 12. The third kappa shape index (κ3) is 8.29. The fourth-order valence-electron chi connectivity index (χ4n) is 5.70. The van der Waals surface area contributed by atoms with Crippen LogP contribution in [0.4, 0.5) is 5.69 Å². The van der Waals surface area contributed by atoms with Gasteiger partial charge >= 0.3 is 0 Å². The number of hydrogen-bond acceptors (Lipinski definition) is 4. The number of nitrogens with zero attached hydrogens (tertiary/aromatic N) is 2. The Hall–Kier alpha value is -3.85. The van der Waals surface area contributed by atoms with Gasteiger partial charge in [0.15, 0.2) is 0 Å². The lowest BCUT2D eigenvalue weighted by molar-refractivity contribution is -0.140. The summed E-state index contributed by atoms with van der Waals surface area (Å²) in [6.07, 6.45) is 4.11. The van der Waals surface area contributed by atoms with Crippen LogP contribution in [0, 0.1) is 6.92 Å². The molecule has 1 atom stereocenters. The SMILES string of the molecule is Cc1ccc(CN(C(=O)CN(c2ccc(Cl)c(Cl)c2)S(=O)(=O)c2ccccc2)C(Cc2ccccc2)C(=O)NC2CCCC2)cc1. The van der Waals surface area contributed by atoms with Crippen molar-refractivity contribution in [1.82, 2.24) is 10.2 Å². The normalized spacial score (nSPS) is 14.1. The molecule has 0 spiro atoms. The smallest absolute Gasteiger partial charge is 0.264 e. The van der Waals surface area contributed by atoms with Crippen molar-refractivity contribution in [3.63, 3.8) is 0 Å². The van der Waals surface area contributed by atoms with Crippen LogP contribution in [-0.4, -0.2) is 43.8 Å². The van der Waals surface area contributed by atoms with Crippen molar-refractivity contribution in [3.8, 4) is 0 Å². The third-order valence-corrected chi connectivity index (χ3v) is 10.8. The Morgan fingerprint density at radius 3 is 2.09 bits per heavy atom. The summed E-state index contributed by atoms with van der Waals surface area (Å²) in [5.41, 5.74) is 2.93. The molecule has 1 aliphatic carbocycles. The summed E-state index contributed by atoms with van der Waals surface area (Å²) < 4.78 is 29.2. The van der Waals surface area contributed by atoms with Crippen LogP contribution in [0.3, 0.4) is 0 Å². The highest BCUT2D eigenvalue weighted by atomic mass is 35.5. The standard InChI is InChI=1S/C36H37Cl2N3O4S/c1-26-16-18-28(19-17-26)24-40(34(22-27-10-4-2-5-11-27)36(43)39-29-12-8-9-13-29)35(42)25-41(30-20-21-32(37)33(38)23-30)46(44,45)31-14-6-3-7-15-31/h2-7,10-11,14-21,23,29,34H,8-9,12-13,22,24-25H2,1H3,(H,39,43). The van der Waals surface area contributed by atoms with Crippen molar-refractivity contribution in [3.05, 3.63) is 130 Å². The lowest BCUT2D eigenvalue weighted by atomic mass is 10.0. The average Bonchev–Trinajstić information content (AvgIpc) is 3.57. The van der Waals surface area contributed by atoms with Crippen LogP contribution in [0.5, 0.6) is 0 Å². The minimum absolute atomic E-state index is 0.0127. The number of halogens is 2. The van der Waals surface area contributed by atoms with Gasteiger partial charge in [0.2, 0.25) is 11.8 Å². The van der Waals surface area contributed by atoms with Crippen molar-refractivity contribution in [2.24, 2.45) is 0 Å². The number of carbonyl (C=O) groups is 2. The molecule has 1 unspecified atom stereocenters. The Kier molecular flexibility index (Phi) is 11.0. The van der Waals surface area contributed by atoms with Crippen LogP contribution in [0.2, 0.25) is 10.0 Å². The molecule has 4 aromatic rings. The molecule has 1 fully saturated rings. The predicted molar refractivity (Wildman–Crippen MR) is 183 cm³/mol. The summed E-state index contributed by atoms with van der Waals surface area (Å²) >= 11 is 12.5. The molecule has 0 aliphatic heterocycles. The van der Waals surface area contributed by atoms with Gasteiger partial charge < -0.3 is 10.2 Å². The van der Waals surface area contributed by atoms with E-state index < -0.39 is 28.5 Å². The van der Waals surface area contributed by atoms with Gasteiger partial charge in [0, 0.05) is 19.0 Å². The first kappa shape index (κ1) is 33.5. The lowest BCUT2D eigenvalue weighted by Gasteiger charge is -2.34. The first-order chi connectivity index (χ1) is 22.1. The van der Waals surface area contributed by atoms with Crippen LogP contribution >= 0.6 is 23.2 Å². The van der Waals surface area contributed by atoms with E-state index in [2.05, 4.69) is 5.32 Å². The number of benzene rings is 4. The van der Waals surface area contributed by atoms with Crippen molar-refractivity contribution < 1.29 is 18.0 Å². The summed E-state index contributed by atoms with van der Waals surface area (Å²) in [4.78, 5) is 30.2. The second-order valence-electron chi connectivity index (χ2n) is 11.6. The maximum absolute atomic E-state index is 14.6. The number of amides is 2. The summed E-state index contributed by atoms with van der Waals surface area (Å²) in [7, 11) is -4.23. The quantitative estimate of drug-likeness (QED) is 0.172. The van der Waals surface area contributed by atoms with E-state index in [1.165, 1.54) is 35.2 Å². The second-order valence-corrected chi connectivity index (χ2v) is 14.3. The zero-order valence-corrected chi connectivity index (χ0v) is 27.9. The van der Waals surface area contributed by atoms with Gasteiger partial charge in [-0.15, -0.1) is 0 Å². The van der Waals surface area contributed by atoms with Gasteiger partial charge in [-0.05, 0) is 61.2 Å².